The number of anilines is 3. The standard InChI is InChI=1S/C12H19N5O5.C3H6N2O6P2/c1-16-4-17(9-6(16)10(20)15-12(13)14-9)11-7(19)8(21-2)5(3-18)22-11;6-12(7,11-13(8,9)10)3-1-4-2-5-3/h5,7-8,11,18-19H,3-4H2,1-2H3,(H3,13,14,15,20);1-2H,(H,4,5)(H,6,7)(H2,8,9,10)/t5-,7-,8-,11-;/m1./s1. The molecule has 1 fully saturated rings. The van der Waals surface area contributed by atoms with Crippen molar-refractivity contribution in [2.45, 2.75) is 24.5 Å². The third-order valence-corrected chi connectivity index (χ3v) is 7.58. The molecule has 2 aliphatic rings. The topological polar surface area (TPSA) is 270 Å². The number of rotatable bonds is 6. The van der Waals surface area contributed by atoms with Gasteiger partial charge in [-0.25, -0.2) is 13.9 Å². The summed E-state index contributed by atoms with van der Waals surface area (Å²) in [6.45, 7) is 0.0126. The number of imidazole rings is 1. The number of aliphatic hydroxyl groups is 2. The highest BCUT2D eigenvalue weighted by Crippen LogP contribution is 2.55. The maximum Gasteiger partial charge on any atom is 0.477 e. The van der Waals surface area contributed by atoms with Crippen LogP contribution in [0.15, 0.2) is 17.3 Å². The van der Waals surface area contributed by atoms with Crippen molar-refractivity contribution in [2.24, 2.45) is 0 Å². The van der Waals surface area contributed by atoms with Gasteiger partial charge < -0.3 is 54.9 Å². The van der Waals surface area contributed by atoms with Crippen LogP contribution < -0.4 is 26.5 Å². The number of fused-ring (bicyclic) bond motifs is 1. The molecule has 35 heavy (non-hydrogen) atoms. The number of methoxy groups -OCH3 is 1. The molecular formula is C15H25N7O11P2. The van der Waals surface area contributed by atoms with Crippen molar-refractivity contribution in [2.75, 3.05) is 43.0 Å². The number of aromatic nitrogens is 4. The molecule has 4 rings (SSSR count). The highest BCUT2D eigenvalue weighted by atomic mass is 31.3. The highest BCUT2D eigenvalue weighted by Gasteiger charge is 2.49. The van der Waals surface area contributed by atoms with Crippen LogP contribution >= 0.6 is 15.4 Å². The molecular weight excluding hydrogens is 516 g/mol. The van der Waals surface area contributed by atoms with E-state index in [4.69, 9.17) is 29.9 Å². The fraction of sp³-hybridized carbons (Fsp3) is 0.533. The summed E-state index contributed by atoms with van der Waals surface area (Å²) in [5, 5.41) is 19.7. The maximum atomic E-state index is 12.0. The summed E-state index contributed by atoms with van der Waals surface area (Å²) in [5.74, 6) is 0.319. The van der Waals surface area contributed by atoms with Crippen molar-refractivity contribution in [3.05, 3.63) is 22.9 Å². The van der Waals surface area contributed by atoms with Crippen molar-refractivity contribution < 1.29 is 47.8 Å². The summed E-state index contributed by atoms with van der Waals surface area (Å²) >= 11 is 0. The van der Waals surface area contributed by atoms with Gasteiger partial charge in [-0.1, -0.05) is 0 Å². The maximum absolute atomic E-state index is 12.0. The molecule has 0 radical (unpaired) electrons. The summed E-state index contributed by atoms with van der Waals surface area (Å²) in [5.41, 5.74) is 5.21. The molecule has 0 aliphatic carbocycles. The van der Waals surface area contributed by atoms with Crippen LogP contribution in [0.5, 0.6) is 0 Å². The quantitative estimate of drug-likeness (QED) is 0.169. The minimum absolute atomic E-state index is 0.0152. The van der Waals surface area contributed by atoms with Gasteiger partial charge in [-0.05, 0) is 0 Å². The number of H-pyrrole nitrogens is 2. The molecule has 4 heterocycles. The fourth-order valence-corrected chi connectivity index (χ4v) is 5.53. The second-order valence-corrected chi connectivity index (χ2v) is 10.6. The Labute approximate surface area is 197 Å². The van der Waals surface area contributed by atoms with Gasteiger partial charge in [0.15, 0.2) is 12.0 Å². The zero-order valence-electron chi connectivity index (χ0n) is 18.3. The van der Waals surface area contributed by atoms with E-state index in [1.807, 2.05) is 0 Å². The second kappa shape index (κ2) is 10.3. The van der Waals surface area contributed by atoms with Crippen LogP contribution in [0.1, 0.15) is 0 Å². The number of hydrogen-bond donors (Lipinski definition) is 8. The first-order valence-corrected chi connectivity index (χ1v) is 12.8. The lowest BCUT2D eigenvalue weighted by atomic mass is 10.1. The molecule has 0 amide bonds. The molecule has 2 aliphatic heterocycles. The molecule has 1 unspecified atom stereocenters. The zero-order valence-corrected chi connectivity index (χ0v) is 20.1. The Bertz CT molecular complexity index is 1170. The normalized spacial score (nSPS) is 25.7. The Balaban J connectivity index is 0.000000225. The molecule has 196 valence electrons. The van der Waals surface area contributed by atoms with Crippen LogP contribution in [-0.4, -0.2) is 96.8 Å². The Hall–Kier alpha value is -2.37. The van der Waals surface area contributed by atoms with Gasteiger partial charge in [0.25, 0.3) is 5.56 Å². The summed E-state index contributed by atoms with van der Waals surface area (Å²) < 4.78 is 35.9. The van der Waals surface area contributed by atoms with Crippen LogP contribution in [-0.2, 0) is 22.9 Å². The second-order valence-electron chi connectivity index (χ2n) is 7.40. The average molecular weight is 541 g/mol. The predicted molar refractivity (Wildman–Crippen MR) is 119 cm³/mol. The number of nitrogens with zero attached hydrogens (tertiary/aromatic N) is 4. The van der Waals surface area contributed by atoms with Gasteiger partial charge in [-0.15, -0.1) is 0 Å². The molecule has 1 saturated heterocycles. The summed E-state index contributed by atoms with van der Waals surface area (Å²) in [6, 6.07) is 0. The van der Waals surface area contributed by atoms with E-state index in [0.717, 1.165) is 12.5 Å². The number of nitrogens with two attached hydrogens (primary N) is 1. The van der Waals surface area contributed by atoms with Crippen LogP contribution in [0, 0.1) is 0 Å². The van der Waals surface area contributed by atoms with Gasteiger partial charge in [0, 0.05) is 14.2 Å². The SMILES string of the molecule is CO[C@H]1[C@@H](O)[C@H](N2CN(C)c3c2nc(N)[nH]c3=O)O[C@@H]1CO.O=P(O)(O)OP(=O)(O)c1cnc[nH]1. The summed E-state index contributed by atoms with van der Waals surface area (Å²) in [6.07, 6.45) is -1.08. The van der Waals surface area contributed by atoms with Gasteiger partial charge >= 0.3 is 15.4 Å². The molecule has 20 heteroatoms. The van der Waals surface area contributed by atoms with Gasteiger partial charge in [0.2, 0.25) is 5.95 Å². The fourth-order valence-electron chi connectivity index (χ4n) is 3.59. The number of nitrogens with one attached hydrogen (secondary N) is 2. The van der Waals surface area contributed by atoms with Crippen LogP contribution in [0.25, 0.3) is 0 Å². The van der Waals surface area contributed by atoms with E-state index in [9.17, 15) is 24.1 Å². The molecule has 5 atom stereocenters. The highest BCUT2D eigenvalue weighted by molar-refractivity contribution is 7.68. The van der Waals surface area contributed by atoms with E-state index in [1.54, 1.807) is 16.8 Å². The lowest BCUT2D eigenvalue weighted by molar-refractivity contribution is -0.0360. The van der Waals surface area contributed by atoms with E-state index in [1.165, 1.54) is 7.11 Å². The Morgan fingerprint density at radius 2 is 2.03 bits per heavy atom. The van der Waals surface area contributed by atoms with Gasteiger partial charge in [-0.3, -0.25) is 14.3 Å². The molecule has 9 N–H and O–H groups in total. The number of phosphoric acid groups is 1. The van der Waals surface area contributed by atoms with Crippen molar-refractivity contribution in [3.63, 3.8) is 0 Å². The smallest absolute Gasteiger partial charge is 0.394 e. The van der Waals surface area contributed by atoms with Crippen LogP contribution in [0.2, 0.25) is 0 Å². The van der Waals surface area contributed by atoms with E-state index in [2.05, 4.69) is 24.2 Å². The van der Waals surface area contributed by atoms with Crippen molar-refractivity contribution in [1.82, 2.24) is 19.9 Å². The number of aromatic amines is 2. The number of hydrogen-bond acceptors (Lipinski definition) is 13. The summed E-state index contributed by atoms with van der Waals surface area (Å²) in [4.78, 5) is 53.0. The minimum Gasteiger partial charge on any atom is -0.394 e. The van der Waals surface area contributed by atoms with E-state index >= 15 is 0 Å². The molecule has 0 spiro atoms. The van der Waals surface area contributed by atoms with Crippen molar-refractivity contribution in [3.8, 4) is 0 Å². The number of aliphatic hydroxyl groups excluding tert-OH is 2. The molecule has 2 aromatic heterocycles. The lowest BCUT2D eigenvalue weighted by Gasteiger charge is -2.27. The molecule has 0 bridgehead atoms. The van der Waals surface area contributed by atoms with Crippen LogP contribution in [0.4, 0.5) is 17.5 Å². The molecule has 0 saturated carbocycles. The third-order valence-electron chi connectivity index (χ3n) is 4.99. The van der Waals surface area contributed by atoms with E-state index in [0.29, 0.717) is 18.2 Å². The van der Waals surface area contributed by atoms with E-state index in [-0.39, 0.29) is 23.5 Å². The molecule has 0 aromatic carbocycles. The van der Waals surface area contributed by atoms with Gasteiger partial charge in [0.05, 0.1) is 25.8 Å². The number of ether oxygens (including phenoxy) is 2. The first-order chi connectivity index (χ1) is 16.3. The minimum atomic E-state index is -4.99. The zero-order chi connectivity index (χ0) is 26.1. The largest absolute Gasteiger partial charge is 0.477 e. The first-order valence-electron chi connectivity index (χ1n) is 9.72. The summed E-state index contributed by atoms with van der Waals surface area (Å²) in [7, 11) is -6.32. The third kappa shape index (κ3) is 5.90. The Morgan fingerprint density at radius 3 is 2.54 bits per heavy atom. The molecule has 2 aromatic rings. The van der Waals surface area contributed by atoms with Gasteiger partial charge in [-0.2, -0.15) is 4.98 Å². The molecule has 18 nitrogen and oxygen atoms in total. The van der Waals surface area contributed by atoms with Crippen molar-refractivity contribution in [1.29, 1.82) is 0 Å². The average Bonchev–Trinajstić information content (AvgIpc) is 3.45. The Kier molecular flexibility index (Phi) is 8.02. The van der Waals surface area contributed by atoms with E-state index < -0.39 is 40.0 Å². The van der Waals surface area contributed by atoms with Crippen LogP contribution in [0.3, 0.4) is 0 Å². The monoisotopic (exact) mass is 541 g/mol. The predicted octanol–water partition coefficient (Wildman–Crippen LogP) is -3.01. The van der Waals surface area contributed by atoms with Gasteiger partial charge in [0.1, 0.15) is 29.4 Å². The first kappa shape index (κ1) is 27.2. The Morgan fingerprint density at radius 1 is 1.34 bits per heavy atom. The number of nitrogen functional groups attached to an aromatic ring is 1. The van der Waals surface area contributed by atoms with Crippen molar-refractivity contribution >= 4 is 38.3 Å². The lowest BCUT2D eigenvalue weighted by Crippen LogP contribution is -2.46.